The predicted molar refractivity (Wildman–Crippen MR) is 41.7 cm³/mol. The summed E-state index contributed by atoms with van der Waals surface area (Å²) in [5.41, 5.74) is 6.10. The Labute approximate surface area is 65.5 Å². The molecular weight excluding hydrogens is 140 g/mol. The number of nitrogens with one attached hydrogen (secondary N) is 1. The minimum Gasteiger partial charge on any atom is -0.247 e. The summed E-state index contributed by atoms with van der Waals surface area (Å²) < 4.78 is 0. The highest BCUT2D eigenvalue weighted by Crippen LogP contribution is 2.24. The molecule has 0 aromatic heterocycles. The average Bonchev–Trinajstić information content (AvgIpc) is 2.34. The molecule has 0 spiro atoms. The lowest BCUT2D eigenvalue weighted by Crippen LogP contribution is -2.20. The Morgan fingerprint density at radius 2 is 2.18 bits per heavy atom. The molecular formula is C8H10N2O. The lowest BCUT2D eigenvalue weighted by molar-refractivity contribution is -0.122. The number of fused-ring (bicyclic) bond motifs is 1. The Bertz CT molecular complexity index is 276. The van der Waals surface area contributed by atoms with Gasteiger partial charge < -0.3 is 0 Å². The summed E-state index contributed by atoms with van der Waals surface area (Å²) in [6, 6.07) is 0. The van der Waals surface area contributed by atoms with Gasteiger partial charge in [-0.2, -0.15) is 4.94 Å². The number of hydrogen-bond acceptors (Lipinski definition) is 3. The van der Waals surface area contributed by atoms with Crippen molar-refractivity contribution in [2.24, 2.45) is 0 Å². The third-order valence-corrected chi connectivity index (χ3v) is 1.72. The van der Waals surface area contributed by atoms with Gasteiger partial charge in [0.1, 0.15) is 0 Å². The molecule has 0 fully saturated rings. The Balaban J connectivity index is 2.40. The molecule has 0 amide bonds. The lowest BCUT2D eigenvalue weighted by atomic mass is 10.1. The van der Waals surface area contributed by atoms with Crippen molar-refractivity contribution in [1.82, 2.24) is 10.5 Å². The normalized spacial score (nSPS) is 21.6. The summed E-state index contributed by atoms with van der Waals surface area (Å²) in [5.74, 6) is 0. The first-order valence-electron chi connectivity index (χ1n) is 3.57. The van der Waals surface area contributed by atoms with Gasteiger partial charge in [0.05, 0.1) is 11.9 Å². The van der Waals surface area contributed by atoms with Gasteiger partial charge in [0.2, 0.25) is 0 Å². The van der Waals surface area contributed by atoms with Crippen LogP contribution in [0, 0.1) is 0 Å². The lowest BCUT2D eigenvalue weighted by Gasteiger charge is -2.21. The van der Waals surface area contributed by atoms with Crippen molar-refractivity contribution >= 4 is 0 Å². The zero-order valence-electron chi connectivity index (χ0n) is 6.59. The highest BCUT2D eigenvalue weighted by Gasteiger charge is 2.19. The van der Waals surface area contributed by atoms with Gasteiger partial charge in [0.15, 0.2) is 0 Å². The van der Waals surface area contributed by atoms with Crippen LogP contribution in [0.25, 0.3) is 0 Å². The van der Waals surface area contributed by atoms with Gasteiger partial charge in [-0.3, -0.25) is 0 Å². The van der Waals surface area contributed by atoms with Gasteiger partial charge in [0, 0.05) is 5.70 Å². The fourth-order valence-electron chi connectivity index (χ4n) is 1.29. The zero-order valence-corrected chi connectivity index (χ0v) is 6.59. The smallest absolute Gasteiger partial charge is 0.0900 e. The highest BCUT2D eigenvalue weighted by molar-refractivity contribution is 5.36. The SMILES string of the molecule is CC1=CC2=CNON2C(C)=C1. The minimum absolute atomic E-state index is 1.06. The molecule has 3 heteroatoms. The molecule has 2 aliphatic rings. The fourth-order valence-corrected chi connectivity index (χ4v) is 1.29. The number of allylic oxidation sites excluding steroid dienone is 4. The molecule has 0 saturated heterocycles. The van der Waals surface area contributed by atoms with Crippen molar-refractivity contribution in [1.29, 1.82) is 0 Å². The second kappa shape index (κ2) is 2.13. The molecule has 58 valence electrons. The van der Waals surface area contributed by atoms with Crippen LogP contribution in [-0.2, 0) is 4.94 Å². The zero-order chi connectivity index (χ0) is 7.84. The molecule has 0 bridgehead atoms. The van der Waals surface area contributed by atoms with E-state index < -0.39 is 0 Å². The first kappa shape index (κ1) is 6.49. The summed E-state index contributed by atoms with van der Waals surface area (Å²) in [6.45, 7) is 4.08. The second-order valence-electron chi connectivity index (χ2n) is 2.75. The molecule has 2 heterocycles. The number of hydroxylamine groups is 3. The van der Waals surface area contributed by atoms with Crippen LogP contribution in [-0.4, -0.2) is 5.06 Å². The van der Waals surface area contributed by atoms with Crippen molar-refractivity contribution in [3.8, 4) is 0 Å². The summed E-state index contributed by atoms with van der Waals surface area (Å²) in [6.07, 6.45) is 5.97. The van der Waals surface area contributed by atoms with E-state index in [1.54, 1.807) is 5.06 Å². The maximum Gasteiger partial charge on any atom is 0.0900 e. The molecule has 0 aromatic rings. The Kier molecular flexibility index (Phi) is 1.26. The van der Waals surface area contributed by atoms with Gasteiger partial charge >= 0.3 is 0 Å². The van der Waals surface area contributed by atoms with Crippen molar-refractivity contribution in [2.45, 2.75) is 13.8 Å². The van der Waals surface area contributed by atoms with Crippen LogP contribution in [0.3, 0.4) is 0 Å². The first-order valence-corrected chi connectivity index (χ1v) is 3.57. The van der Waals surface area contributed by atoms with Gasteiger partial charge in [0.25, 0.3) is 0 Å². The average molecular weight is 150 g/mol. The summed E-state index contributed by atoms with van der Waals surface area (Å²) in [4.78, 5) is 5.10. The van der Waals surface area contributed by atoms with Crippen molar-refractivity contribution in [3.63, 3.8) is 0 Å². The molecule has 0 unspecified atom stereocenters. The number of hydrogen-bond donors (Lipinski definition) is 1. The maximum absolute atomic E-state index is 5.10. The molecule has 1 N–H and O–H groups in total. The molecule has 0 aromatic carbocycles. The summed E-state index contributed by atoms with van der Waals surface area (Å²) in [5, 5.41) is 1.76. The Morgan fingerprint density at radius 1 is 1.36 bits per heavy atom. The highest BCUT2D eigenvalue weighted by atomic mass is 16.8. The molecule has 2 rings (SSSR count). The van der Waals surface area contributed by atoms with E-state index >= 15 is 0 Å². The van der Waals surface area contributed by atoms with Crippen LogP contribution in [0.15, 0.2) is 35.3 Å². The standard InChI is InChI=1S/C8H10N2O/c1-6-3-7(2)10-8(4-6)5-9-11-10/h3-5,9H,1-2H3. The van der Waals surface area contributed by atoms with E-state index in [1.807, 2.05) is 13.1 Å². The number of nitrogens with zero attached hydrogens (tertiary/aromatic N) is 1. The van der Waals surface area contributed by atoms with E-state index in [9.17, 15) is 0 Å². The predicted octanol–water partition coefficient (Wildman–Crippen LogP) is 1.44. The Morgan fingerprint density at radius 3 is 3.00 bits per heavy atom. The van der Waals surface area contributed by atoms with Crippen LogP contribution in [0.5, 0.6) is 0 Å². The van der Waals surface area contributed by atoms with Crippen molar-refractivity contribution < 1.29 is 4.94 Å². The summed E-state index contributed by atoms with van der Waals surface area (Å²) >= 11 is 0. The van der Waals surface area contributed by atoms with Crippen LogP contribution in [0.2, 0.25) is 0 Å². The van der Waals surface area contributed by atoms with Crippen LogP contribution < -0.4 is 5.48 Å². The molecule has 11 heavy (non-hydrogen) atoms. The maximum atomic E-state index is 5.10. The molecule has 0 radical (unpaired) electrons. The molecule has 0 aliphatic carbocycles. The van der Waals surface area contributed by atoms with Crippen molar-refractivity contribution in [2.75, 3.05) is 0 Å². The van der Waals surface area contributed by atoms with Gasteiger partial charge in [-0.25, -0.2) is 10.5 Å². The van der Waals surface area contributed by atoms with E-state index in [1.165, 1.54) is 5.57 Å². The van der Waals surface area contributed by atoms with E-state index in [4.69, 9.17) is 4.94 Å². The summed E-state index contributed by atoms with van der Waals surface area (Å²) in [7, 11) is 0. The number of rotatable bonds is 0. The van der Waals surface area contributed by atoms with Crippen LogP contribution >= 0.6 is 0 Å². The van der Waals surface area contributed by atoms with Gasteiger partial charge in [-0.1, -0.05) is 0 Å². The fraction of sp³-hybridized carbons (Fsp3) is 0.250. The van der Waals surface area contributed by atoms with E-state index in [-0.39, 0.29) is 0 Å². The molecule has 2 aliphatic heterocycles. The third kappa shape index (κ3) is 0.935. The first-order chi connectivity index (χ1) is 5.27. The van der Waals surface area contributed by atoms with Crippen molar-refractivity contribution in [3.05, 3.63) is 35.3 Å². The molecule has 3 nitrogen and oxygen atoms in total. The van der Waals surface area contributed by atoms with E-state index in [0.29, 0.717) is 0 Å². The van der Waals surface area contributed by atoms with Crippen LogP contribution in [0.1, 0.15) is 13.8 Å². The quantitative estimate of drug-likeness (QED) is 0.565. The van der Waals surface area contributed by atoms with Gasteiger partial charge in [-0.15, -0.1) is 0 Å². The third-order valence-electron chi connectivity index (χ3n) is 1.72. The van der Waals surface area contributed by atoms with Crippen LogP contribution in [0.4, 0.5) is 0 Å². The van der Waals surface area contributed by atoms with E-state index in [0.717, 1.165) is 11.4 Å². The van der Waals surface area contributed by atoms with E-state index in [2.05, 4.69) is 24.6 Å². The topological polar surface area (TPSA) is 24.5 Å². The minimum atomic E-state index is 1.06. The Hall–Kier alpha value is -1.22. The second-order valence-corrected chi connectivity index (χ2v) is 2.75. The molecule has 0 atom stereocenters. The monoisotopic (exact) mass is 150 g/mol. The molecule has 0 saturated carbocycles. The van der Waals surface area contributed by atoms with Gasteiger partial charge in [-0.05, 0) is 31.6 Å². The largest absolute Gasteiger partial charge is 0.247 e.